The Morgan fingerprint density at radius 1 is 0.252 bits per heavy atom. The highest BCUT2D eigenvalue weighted by Crippen LogP contribution is 2.70. The summed E-state index contributed by atoms with van der Waals surface area (Å²) in [5, 5.41) is 0. The molecule has 0 aromatic heterocycles. The lowest BCUT2D eigenvalue weighted by molar-refractivity contribution is -0.0999. The van der Waals surface area contributed by atoms with Crippen molar-refractivity contribution in [2.45, 2.75) is 522 Å². The second kappa shape index (κ2) is 39.1. The Labute approximate surface area is 750 Å². The van der Waals surface area contributed by atoms with Crippen molar-refractivity contribution in [3.05, 3.63) is 0 Å². The largest absolute Gasteiger partial charge is 0.0602 e. The molecule has 15 atom stereocenters. The van der Waals surface area contributed by atoms with E-state index >= 15 is 0 Å². The van der Waals surface area contributed by atoms with Crippen molar-refractivity contribution < 1.29 is 24.7 Å². The van der Waals surface area contributed by atoms with E-state index in [4.69, 9.17) is 24.7 Å². The molecule has 0 aromatic rings. The van der Waals surface area contributed by atoms with Crippen LogP contribution in [0.15, 0.2) is 0 Å². The van der Waals surface area contributed by atoms with Gasteiger partial charge in [0, 0.05) is 24.7 Å². The van der Waals surface area contributed by atoms with Crippen LogP contribution in [0, 0.1) is 207 Å². The molecular weight excluding hydrogens is 1380 g/mol. The maximum absolute atomic E-state index is 8.60. The Morgan fingerprint density at radius 2 is 0.652 bits per heavy atom. The van der Waals surface area contributed by atoms with Crippen LogP contribution in [0.5, 0.6) is 0 Å². The van der Waals surface area contributed by atoms with E-state index in [1.54, 1.807) is 0 Å². The smallest absolute Gasteiger partial charge is 0.0278 e. The molecule has 115 heavy (non-hydrogen) atoms. The first kappa shape index (κ1) is 74.1. The second-order valence-electron chi connectivity index (χ2n) is 54.2. The first-order valence-corrected chi connectivity index (χ1v) is 51.0. The lowest BCUT2D eigenvalue weighted by atomic mass is 9.45. The van der Waals surface area contributed by atoms with E-state index in [0.29, 0.717) is 88.3 Å². The van der Waals surface area contributed by atoms with Gasteiger partial charge < -0.3 is 0 Å². The maximum Gasteiger partial charge on any atom is 0.0278 e. The molecule has 21 aliphatic rings. The molecule has 21 rings (SSSR count). The van der Waals surface area contributed by atoms with Gasteiger partial charge >= 0.3 is 0 Å². The highest BCUT2D eigenvalue weighted by atomic mass is 14.7. The topological polar surface area (TPSA) is 0 Å². The van der Waals surface area contributed by atoms with Crippen molar-refractivity contribution in [2.24, 2.45) is 207 Å². The summed E-state index contributed by atoms with van der Waals surface area (Å²) in [6.07, 6.45) is 42.0. The zero-order chi connectivity index (χ0) is 101. The molecule has 0 saturated heterocycles. The van der Waals surface area contributed by atoms with Crippen LogP contribution < -0.4 is 0 Å². The Balaban J connectivity index is 0.000000155. The molecular formula is C115H212. The van der Waals surface area contributed by atoms with Crippen molar-refractivity contribution in [3.8, 4) is 0 Å². The minimum atomic E-state index is -1.06. The number of hydrogen-bond acceptors (Lipinski definition) is 0. The van der Waals surface area contributed by atoms with Crippen molar-refractivity contribution in [2.75, 3.05) is 0 Å². The van der Waals surface area contributed by atoms with E-state index in [9.17, 15) is 0 Å². The normalized spacial score (nSPS) is 44.0. The zero-order valence-corrected chi connectivity index (χ0v) is 82.6. The van der Waals surface area contributed by atoms with E-state index in [1.807, 2.05) is 104 Å². The van der Waals surface area contributed by atoms with Gasteiger partial charge in [-0.05, 0) is 431 Å². The third kappa shape index (κ3) is 29.3. The van der Waals surface area contributed by atoms with Crippen LogP contribution in [-0.4, -0.2) is 0 Å². The average molecular weight is 1610 g/mol. The first-order valence-electron chi connectivity index (χ1n) is 60.0. The van der Waals surface area contributed by atoms with E-state index in [0.717, 1.165) is 111 Å². The van der Waals surface area contributed by atoms with Gasteiger partial charge in [0.05, 0.1) is 0 Å². The third-order valence-electron chi connectivity index (χ3n) is 33.6. The average Bonchev–Trinajstić information content (AvgIpc) is 1.67. The maximum atomic E-state index is 8.60. The van der Waals surface area contributed by atoms with Gasteiger partial charge in [-0.3, -0.25) is 0 Å². The molecule has 0 aromatic carbocycles. The van der Waals surface area contributed by atoms with Gasteiger partial charge in [-0.1, -0.05) is 298 Å². The fourth-order valence-electron chi connectivity index (χ4n) is 28.1. The van der Waals surface area contributed by atoms with Crippen molar-refractivity contribution in [1.82, 2.24) is 0 Å². The van der Waals surface area contributed by atoms with Crippen molar-refractivity contribution in [3.63, 3.8) is 0 Å². The van der Waals surface area contributed by atoms with Crippen LogP contribution in [0.25, 0.3) is 0 Å². The van der Waals surface area contributed by atoms with Crippen LogP contribution in [0.3, 0.4) is 0 Å². The Bertz CT molecular complexity index is 3640. The van der Waals surface area contributed by atoms with Crippen LogP contribution >= 0.6 is 0 Å². The summed E-state index contributed by atoms with van der Waals surface area (Å²) in [7, 11) is 0. The van der Waals surface area contributed by atoms with Crippen LogP contribution in [0.4, 0.5) is 0 Å². The zero-order valence-electron chi connectivity index (χ0n) is 101. The summed E-state index contributed by atoms with van der Waals surface area (Å²) in [6.45, 7) is 62.3. The highest BCUT2D eigenvalue weighted by molar-refractivity contribution is 5.11. The Hall–Kier alpha value is 0. The van der Waals surface area contributed by atoms with Gasteiger partial charge in [-0.15, -0.1) is 0 Å². The van der Waals surface area contributed by atoms with Gasteiger partial charge in [-0.2, -0.15) is 0 Å². The quantitative estimate of drug-likeness (QED) is 0.216. The minimum Gasteiger partial charge on any atom is -0.0602 e. The molecule has 0 heteroatoms. The lowest BCUT2D eigenvalue weighted by Crippen LogP contribution is -2.51. The molecule has 21 fully saturated rings. The lowest BCUT2D eigenvalue weighted by Gasteiger charge is -2.60. The van der Waals surface area contributed by atoms with Gasteiger partial charge in [0.15, 0.2) is 0 Å². The fourth-order valence-corrected chi connectivity index (χ4v) is 28.1. The molecule has 672 valence electrons. The summed E-state index contributed by atoms with van der Waals surface area (Å²) < 4.78 is 151. The molecule has 0 radical (unpaired) electrons. The summed E-state index contributed by atoms with van der Waals surface area (Å²) in [5.41, 5.74) is -1.40. The second-order valence-corrected chi connectivity index (χ2v) is 54.2. The Kier molecular flexibility index (Phi) is 25.2. The SMILES string of the molecule is [2H]C([2H])(C(C)(C)C)C12CCC(CC1)C2.[2H]C([2H])(C1C2CC1C2)C(C)(C)C.[2H]C([2H])(C1C2CCC1C2)C(C)(C)C.[2H]C([2H])(C1C2CCC1CC2)C(C)(C)C.[2H]C([2H])(C1CC2CCC1(C)C2(C)C)C(C)(C)C.[2H]C([2H])(C1CC2CCC1C2)C(C)(C)C.[2H]C([2H])(C1CC2CCC1CC2)C(C)(C)C.[2H]C([2H])(C1CCC2CCCCC2C1)C(C)(C)C.[2H]C([2H])(C1CCCC2CCCCC21)C(C)(C)C. The fraction of sp³-hybridized carbons (Fsp3) is 1.00. The molecule has 0 N–H and O–H groups in total. The standard InChI is InChI=1S/3C15H28.C13H24.3C12H22.C11H20.C10H18/c1-13(2,3)10-12-9-11-7-8-15(12,6)14(11,4)5;1-15(2,3)11-13-9-6-8-12-7-4-5-10-14(12)13;1-15(2,3)11-12-8-9-13-6-4-5-7-14(13)10-12;1-13(2,3)9-12-8-10-4-6-11(12)7-5-10;1-11(2,3)9-12-6-4-10(8-12)5-7-12;1-12(2,3)8-11-7-9-4-5-10(11)6-9;1-12(2,3)8-11-9-4-5-10(11)7-6-9;1-11(2,3)7-10-8-4-5-9(10)6-8;1-10(2,3)6-9-7-4-8(9)5-7/h11-12H,7-10H2,1-6H3;2*12-14H,4-11H2,1-3H3;10-12H,4-9H2,1-3H3;10H,4-9H2,1-3H3;2*9-11H,4-8H2,1-3H3;8-10H,4-7H2,1-3H3;7-9H,4-6H2,1-3H3/i10D2;2*11D2;2*9D2;2*8D2;7D2;6D2. The first-order chi connectivity index (χ1) is 60.0. The molecule has 0 aliphatic heterocycles. The van der Waals surface area contributed by atoms with Crippen LogP contribution in [0.1, 0.15) is 547 Å². The molecule has 0 amide bonds. The minimum absolute atomic E-state index is 0.0237. The highest BCUT2D eigenvalue weighted by Gasteiger charge is 2.61. The van der Waals surface area contributed by atoms with E-state index < -0.39 is 57.4 Å². The van der Waals surface area contributed by atoms with Gasteiger partial charge in [0.1, 0.15) is 0 Å². The molecule has 21 aliphatic carbocycles. The monoisotopic (exact) mass is 1610 g/mol. The summed E-state index contributed by atoms with van der Waals surface area (Å²) >= 11 is 0. The summed E-state index contributed by atoms with van der Waals surface area (Å²) in [4.78, 5) is 0. The molecule has 21 saturated carbocycles. The molecule has 0 spiro atoms. The van der Waals surface area contributed by atoms with E-state index in [2.05, 4.69) is 104 Å². The van der Waals surface area contributed by atoms with Gasteiger partial charge in [0.25, 0.3) is 0 Å². The molecule has 15 unspecified atom stereocenters. The number of hydrogen-bond donors (Lipinski definition) is 0. The predicted molar refractivity (Wildman–Crippen MR) is 509 cm³/mol. The van der Waals surface area contributed by atoms with Gasteiger partial charge in [-0.25, -0.2) is 0 Å². The molecule has 0 heterocycles. The molecule has 14 bridgehead atoms. The summed E-state index contributed by atoms with van der Waals surface area (Å²) in [5.74, 6) is 14.7. The van der Waals surface area contributed by atoms with Crippen LogP contribution in [0.2, 0.25) is 0 Å². The third-order valence-corrected chi connectivity index (χ3v) is 33.6. The van der Waals surface area contributed by atoms with E-state index in [1.165, 1.54) is 199 Å². The van der Waals surface area contributed by atoms with Crippen molar-refractivity contribution in [1.29, 1.82) is 0 Å². The van der Waals surface area contributed by atoms with Crippen LogP contribution in [-0.2, 0) is 0 Å². The van der Waals surface area contributed by atoms with Gasteiger partial charge in [0.2, 0.25) is 0 Å². The number of fused-ring (bicyclic) bond motifs is 14. The predicted octanol–water partition coefficient (Wildman–Crippen LogP) is 37.5. The van der Waals surface area contributed by atoms with Crippen molar-refractivity contribution >= 4 is 0 Å². The van der Waals surface area contributed by atoms with E-state index in [-0.39, 0.29) is 65.5 Å². The Morgan fingerprint density at radius 3 is 1.04 bits per heavy atom. The molecule has 0 nitrogen and oxygen atoms in total. The summed E-state index contributed by atoms with van der Waals surface area (Å²) in [6, 6.07) is 0. The number of rotatable bonds is 9.